The monoisotopic (exact) mass is 428 g/mol. The molecular weight excluding hydrogens is 404 g/mol. The molecule has 0 atom stereocenters. The first-order valence-corrected chi connectivity index (χ1v) is 12.2. The van der Waals surface area contributed by atoms with Crippen molar-refractivity contribution < 1.29 is 13.2 Å². The maximum absolute atomic E-state index is 13.1. The SMILES string of the molecule is CC(C)S(=O)(=O)c1ccccc1C(=O)N1CCC(c2nc3ccccc3s2)CC1. The lowest BCUT2D eigenvalue weighted by atomic mass is 9.97. The van der Waals surface area contributed by atoms with Crippen LogP contribution in [0.25, 0.3) is 10.2 Å². The van der Waals surface area contributed by atoms with Crippen LogP contribution in [0.2, 0.25) is 0 Å². The lowest BCUT2D eigenvalue weighted by molar-refractivity contribution is 0.0709. The van der Waals surface area contributed by atoms with Gasteiger partial charge in [-0.2, -0.15) is 0 Å². The second kappa shape index (κ2) is 7.88. The predicted octanol–water partition coefficient (Wildman–Crippen LogP) is 4.50. The van der Waals surface area contributed by atoms with Crippen LogP contribution in [0.15, 0.2) is 53.4 Å². The first kappa shape index (κ1) is 20.0. The fourth-order valence-electron chi connectivity index (χ4n) is 3.71. The fraction of sp³-hybridized carbons (Fsp3) is 0.364. The number of sulfone groups is 1. The average Bonchev–Trinajstić information content (AvgIpc) is 3.17. The summed E-state index contributed by atoms with van der Waals surface area (Å²) in [4.78, 5) is 19.8. The van der Waals surface area contributed by atoms with Gasteiger partial charge < -0.3 is 4.90 Å². The molecule has 1 aromatic heterocycles. The van der Waals surface area contributed by atoms with Crippen molar-refractivity contribution in [2.75, 3.05) is 13.1 Å². The number of hydrogen-bond donors (Lipinski definition) is 0. The van der Waals surface area contributed by atoms with E-state index in [9.17, 15) is 13.2 Å². The molecule has 2 aromatic carbocycles. The Morgan fingerprint density at radius 2 is 1.72 bits per heavy atom. The number of carbonyl (C=O) groups excluding carboxylic acids is 1. The van der Waals surface area contributed by atoms with Gasteiger partial charge in [-0.25, -0.2) is 13.4 Å². The van der Waals surface area contributed by atoms with Gasteiger partial charge in [0.15, 0.2) is 9.84 Å². The van der Waals surface area contributed by atoms with Crippen molar-refractivity contribution in [1.82, 2.24) is 9.88 Å². The van der Waals surface area contributed by atoms with Gasteiger partial charge in [0, 0.05) is 19.0 Å². The van der Waals surface area contributed by atoms with Crippen LogP contribution in [-0.4, -0.2) is 42.5 Å². The number of aromatic nitrogens is 1. The van der Waals surface area contributed by atoms with Gasteiger partial charge in [-0.1, -0.05) is 24.3 Å². The first-order valence-electron chi connectivity index (χ1n) is 9.85. The lowest BCUT2D eigenvalue weighted by Crippen LogP contribution is -2.38. The number of fused-ring (bicyclic) bond motifs is 1. The molecule has 1 amide bonds. The molecule has 152 valence electrons. The van der Waals surface area contributed by atoms with E-state index in [2.05, 4.69) is 6.07 Å². The Balaban J connectivity index is 1.51. The lowest BCUT2D eigenvalue weighted by Gasteiger charge is -2.31. The van der Waals surface area contributed by atoms with Crippen molar-refractivity contribution in [3.8, 4) is 0 Å². The number of carbonyl (C=O) groups is 1. The maximum atomic E-state index is 13.1. The number of benzene rings is 2. The summed E-state index contributed by atoms with van der Waals surface area (Å²) in [5.41, 5.74) is 1.30. The zero-order chi connectivity index (χ0) is 20.6. The van der Waals surface area contributed by atoms with Crippen molar-refractivity contribution >= 4 is 37.3 Å². The minimum Gasteiger partial charge on any atom is -0.339 e. The number of likely N-dealkylation sites (tertiary alicyclic amines) is 1. The highest BCUT2D eigenvalue weighted by atomic mass is 32.2. The van der Waals surface area contributed by atoms with E-state index in [0.717, 1.165) is 23.4 Å². The molecule has 0 saturated carbocycles. The fourth-order valence-corrected chi connectivity index (χ4v) is 6.08. The van der Waals surface area contributed by atoms with Crippen molar-refractivity contribution in [3.63, 3.8) is 0 Å². The maximum Gasteiger partial charge on any atom is 0.255 e. The van der Waals surface area contributed by atoms with Crippen molar-refractivity contribution in [2.24, 2.45) is 0 Å². The summed E-state index contributed by atoms with van der Waals surface area (Å²) < 4.78 is 26.6. The zero-order valence-electron chi connectivity index (χ0n) is 16.5. The molecule has 7 heteroatoms. The van der Waals surface area contributed by atoms with Crippen LogP contribution >= 0.6 is 11.3 Å². The average molecular weight is 429 g/mol. The Labute approximate surface area is 175 Å². The molecular formula is C22H24N2O3S2. The van der Waals surface area contributed by atoms with Crippen molar-refractivity contribution in [3.05, 3.63) is 59.1 Å². The number of amides is 1. The molecule has 0 N–H and O–H groups in total. The van der Waals surface area contributed by atoms with Crippen LogP contribution in [-0.2, 0) is 9.84 Å². The molecule has 3 aromatic rings. The largest absolute Gasteiger partial charge is 0.339 e. The Bertz CT molecular complexity index is 1110. The number of para-hydroxylation sites is 1. The Morgan fingerprint density at radius 1 is 1.07 bits per heavy atom. The number of thiazole rings is 1. The minimum atomic E-state index is -3.52. The van der Waals surface area contributed by atoms with E-state index < -0.39 is 15.1 Å². The molecule has 5 nitrogen and oxygen atoms in total. The molecule has 1 aliphatic rings. The molecule has 0 radical (unpaired) electrons. The molecule has 29 heavy (non-hydrogen) atoms. The summed E-state index contributed by atoms with van der Waals surface area (Å²) in [6.45, 7) is 4.49. The van der Waals surface area contributed by atoms with Gasteiger partial charge in [0.2, 0.25) is 0 Å². The van der Waals surface area contributed by atoms with E-state index in [1.54, 1.807) is 48.3 Å². The standard InChI is InChI=1S/C22H24N2O3S2/c1-15(2)29(26,27)20-10-6-3-7-17(20)22(25)24-13-11-16(12-14-24)21-23-18-8-4-5-9-19(18)28-21/h3-10,15-16H,11-14H2,1-2H3. The van der Waals surface area contributed by atoms with Crippen LogP contribution < -0.4 is 0 Å². The highest BCUT2D eigenvalue weighted by Crippen LogP contribution is 2.34. The van der Waals surface area contributed by atoms with Gasteiger partial charge in [0.1, 0.15) is 0 Å². The van der Waals surface area contributed by atoms with Gasteiger partial charge >= 0.3 is 0 Å². The second-order valence-corrected chi connectivity index (χ2v) is 11.2. The molecule has 4 rings (SSSR count). The van der Waals surface area contributed by atoms with Crippen molar-refractivity contribution in [1.29, 1.82) is 0 Å². The topological polar surface area (TPSA) is 67.3 Å². The normalized spacial score (nSPS) is 15.9. The quantitative estimate of drug-likeness (QED) is 0.614. The Kier molecular flexibility index (Phi) is 5.44. The van der Waals surface area contributed by atoms with E-state index >= 15 is 0 Å². The van der Waals surface area contributed by atoms with Gasteiger partial charge in [-0.15, -0.1) is 11.3 Å². The predicted molar refractivity (Wildman–Crippen MR) is 116 cm³/mol. The second-order valence-electron chi connectivity index (χ2n) is 7.68. The van der Waals surface area contributed by atoms with Crippen molar-refractivity contribution in [2.45, 2.75) is 42.8 Å². The number of rotatable bonds is 4. The van der Waals surface area contributed by atoms with Gasteiger partial charge in [-0.05, 0) is 51.0 Å². The number of piperidine rings is 1. The van der Waals surface area contributed by atoms with E-state index in [-0.39, 0.29) is 16.4 Å². The number of hydrogen-bond acceptors (Lipinski definition) is 5. The number of nitrogens with zero attached hydrogens (tertiary/aromatic N) is 2. The molecule has 0 spiro atoms. The molecule has 0 bridgehead atoms. The third-order valence-electron chi connectivity index (χ3n) is 5.49. The molecule has 1 saturated heterocycles. The van der Waals surface area contributed by atoms with Crippen LogP contribution in [0.4, 0.5) is 0 Å². The summed E-state index contributed by atoms with van der Waals surface area (Å²) in [6, 6.07) is 14.7. The minimum absolute atomic E-state index is 0.133. The third-order valence-corrected chi connectivity index (χ3v) is 8.90. The van der Waals surface area contributed by atoms with Crippen LogP contribution in [0.5, 0.6) is 0 Å². The highest BCUT2D eigenvalue weighted by molar-refractivity contribution is 7.92. The summed E-state index contributed by atoms with van der Waals surface area (Å²) in [7, 11) is -3.52. The third kappa shape index (κ3) is 3.81. The van der Waals surface area contributed by atoms with E-state index in [0.29, 0.717) is 19.0 Å². The molecule has 0 unspecified atom stereocenters. The van der Waals surface area contributed by atoms with Crippen LogP contribution in [0.1, 0.15) is 48.0 Å². The van der Waals surface area contributed by atoms with E-state index in [1.165, 1.54) is 10.8 Å². The summed E-state index contributed by atoms with van der Waals surface area (Å²) in [6.07, 6.45) is 1.68. The summed E-state index contributed by atoms with van der Waals surface area (Å²) in [5.74, 6) is 0.138. The molecule has 1 aliphatic heterocycles. The molecule has 0 aliphatic carbocycles. The van der Waals surface area contributed by atoms with Gasteiger partial charge in [-0.3, -0.25) is 4.79 Å². The summed E-state index contributed by atoms with van der Waals surface area (Å²) in [5, 5.41) is 0.558. The van der Waals surface area contributed by atoms with Gasteiger partial charge in [0.05, 0.1) is 30.9 Å². The smallest absolute Gasteiger partial charge is 0.255 e. The first-order chi connectivity index (χ1) is 13.9. The van der Waals surface area contributed by atoms with Crippen LogP contribution in [0.3, 0.4) is 0 Å². The zero-order valence-corrected chi connectivity index (χ0v) is 18.2. The Morgan fingerprint density at radius 3 is 2.41 bits per heavy atom. The highest BCUT2D eigenvalue weighted by Gasteiger charge is 2.30. The molecule has 2 heterocycles. The van der Waals surface area contributed by atoms with Crippen LogP contribution in [0, 0.1) is 0 Å². The summed E-state index contributed by atoms with van der Waals surface area (Å²) >= 11 is 1.72. The van der Waals surface area contributed by atoms with E-state index in [1.807, 2.05) is 18.2 Å². The van der Waals surface area contributed by atoms with Gasteiger partial charge in [0.25, 0.3) is 5.91 Å². The molecule has 1 fully saturated rings. The Hall–Kier alpha value is -2.25. The van der Waals surface area contributed by atoms with E-state index in [4.69, 9.17) is 4.98 Å².